The van der Waals surface area contributed by atoms with Crippen molar-refractivity contribution in [2.75, 3.05) is 24.3 Å². The third-order valence-corrected chi connectivity index (χ3v) is 10.3. The summed E-state index contributed by atoms with van der Waals surface area (Å²) in [7, 11) is 1.27. The number of thiophene rings is 1. The van der Waals surface area contributed by atoms with Crippen molar-refractivity contribution in [2.45, 2.75) is 56.4 Å². The van der Waals surface area contributed by atoms with E-state index in [0.717, 1.165) is 10.4 Å². The molecule has 0 bridgehead atoms. The van der Waals surface area contributed by atoms with Crippen molar-refractivity contribution in [1.82, 2.24) is 10.2 Å². The second-order valence-corrected chi connectivity index (χ2v) is 15.8. The molecule has 3 N–H and O–H groups in total. The quantitative estimate of drug-likeness (QED) is 0.0459. The molecular formula is C39H39N5O9S2. The minimum absolute atomic E-state index is 0.109. The Bertz CT molecular complexity index is 2140. The van der Waals surface area contributed by atoms with Crippen LogP contribution in [0.2, 0.25) is 0 Å². The first kappa shape index (κ1) is 40.2. The zero-order chi connectivity index (χ0) is 39.9. The first-order valence-electron chi connectivity index (χ1n) is 17.0. The van der Waals surface area contributed by atoms with Gasteiger partial charge in [0.2, 0.25) is 5.91 Å². The van der Waals surface area contributed by atoms with Crippen molar-refractivity contribution in [1.29, 1.82) is 0 Å². The van der Waals surface area contributed by atoms with Crippen LogP contribution in [0.15, 0.2) is 89.5 Å². The summed E-state index contributed by atoms with van der Waals surface area (Å²) in [5, 5.41) is 19.1. The predicted octanol–water partition coefficient (Wildman–Crippen LogP) is 7.27. The van der Waals surface area contributed by atoms with Crippen molar-refractivity contribution in [3.8, 4) is 0 Å². The number of thioether (sulfide) groups is 1. The molecule has 4 aromatic rings. The number of nitrogens with zero attached hydrogens (tertiary/aromatic N) is 2. The molecule has 0 saturated carbocycles. The number of anilines is 2. The molecule has 1 atom stereocenters. The van der Waals surface area contributed by atoms with Gasteiger partial charge in [-0.05, 0) is 93.8 Å². The molecule has 0 spiro atoms. The summed E-state index contributed by atoms with van der Waals surface area (Å²) in [5.41, 5.74) is 1.21. The van der Waals surface area contributed by atoms with Crippen LogP contribution in [0.25, 0.3) is 6.08 Å². The maximum absolute atomic E-state index is 13.6. The number of hydrogen-bond acceptors (Lipinski definition) is 11. The van der Waals surface area contributed by atoms with Crippen LogP contribution in [-0.2, 0) is 32.0 Å². The summed E-state index contributed by atoms with van der Waals surface area (Å²) in [5.74, 6) is -2.17. The maximum atomic E-state index is 13.6. The van der Waals surface area contributed by atoms with E-state index in [2.05, 4.69) is 16.0 Å². The second-order valence-electron chi connectivity index (χ2n) is 13.3. The van der Waals surface area contributed by atoms with E-state index < -0.39 is 39.7 Å². The van der Waals surface area contributed by atoms with Crippen LogP contribution in [0.1, 0.15) is 64.4 Å². The monoisotopic (exact) mass is 785 g/mol. The van der Waals surface area contributed by atoms with Crippen LogP contribution in [0.3, 0.4) is 0 Å². The molecule has 0 fully saturated rings. The van der Waals surface area contributed by atoms with Gasteiger partial charge in [0.05, 0.1) is 29.4 Å². The third-order valence-electron chi connectivity index (χ3n) is 8.05. The maximum Gasteiger partial charge on any atom is 0.410 e. The molecule has 0 saturated heterocycles. The summed E-state index contributed by atoms with van der Waals surface area (Å²) in [6.45, 7) is 7.62. The highest BCUT2D eigenvalue weighted by Gasteiger charge is 2.33. The van der Waals surface area contributed by atoms with Gasteiger partial charge in [0.25, 0.3) is 17.5 Å². The number of carbonyl (C=O) groups excluding carboxylic acids is 5. The molecule has 16 heteroatoms. The average molecular weight is 786 g/mol. The lowest BCUT2D eigenvalue weighted by Crippen LogP contribution is -2.39. The molecule has 14 nitrogen and oxygen atoms in total. The molecule has 1 aliphatic heterocycles. The number of rotatable bonds is 11. The fraction of sp³-hybridized carbons (Fsp3) is 0.256. The van der Waals surface area contributed by atoms with Gasteiger partial charge in [-0.2, -0.15) is 0 Å². The summed E-state index contributed by atoms with van der Waals surface area (Å²) in [6, 6.07) is 20.6. The zero-order valence-corrected chi connectivity index (χ0v) is 32.3. The van der Waals surface area contributed by atoms with Crippen molar-refractivity contribution in [2.24, 2.45) is 0 Å². The zero-order valence-electron chi connectivity index (χ0n) is 30.7. The number of non-ortho nitro benzene ring substituents is 1. The van der Waals surface area contributed by atoms with Crippen molar-refractivity contribution in [3.63, 3.8) is 0 Å². The summed E-state index contributed by atoms with van der Waals surface area (Å²) >= 11 is 2.43. The van der Waals surface area contributed by atoms with Crippen LogP contribution >= 0.6 is 23.1 Å². The Morgan fingerprint density at radius 2 is 1.69 bits per heavy atom. The molecule has 1 aliphatic rings. The molecule has 3 aromatic carbocycles. The SMILES string of the molecule is COC(=O)c1c(NC(=O)C(C)Sc2cccc(NC(=O)/C(=C\c3ccc([N+](=O)[O-])cc3)NC(=O)c3ccccc3)c2)sc2c1CCN(C(=O)OC(C)(C)C)C2. The number of nitro groups is 1. The largest absolute Gasteiger partial charge is 0.465 e. The molecule has 1 unspecified atom stereocenters. The Balaban J connectivity index is 1.29. The van der Waals surface area contributed by atoms with Crippen LogP contribution in [-0.4, -0.2) is 64.1 Å². The van der Waals surface area contributed by atoms with E-state index in [9.17, 15) is 34.1 Å². The number of nitro benzene ring substituents is 1. The molecule has 2 heterocycles. The standard InChI is InChI=1S/C39H39N5O9S2/c1-23(33(45)42-36-32(37(48)52-5)29-18-19-43(22-31(29)55-36)38(49)53-39(2,3)4)54-28-13-9-12-26(21-28)40-35(47)30(41-34(46)25-10-7-6-8-11-25)20-24-14-16-27(17-15-24)44(50)51/h6-17,20-21,23H,18-19,22H2,1-5H3,(H,40,47)(H,41,46)(H,42,45)/b30-20+. The first-order chi connectivity index (χ1) is 26.1. The van der Waals surface area contributed by atoms with E-state index in [1.165, 1.54) is 60.5 Å². The molecule has 0 aliphatic carbocycles. The highest BCUT2D eigenvalue weighted by Crippen LogP contribution is 2.39. The number of nitrogens with one attached hydrogen (secondary N) is 3. The van der Waals surface area contributed by atoms with Crippen LogP contribution in [0.4, 0.5) is 21.2 Å². The molecule has 5 rings (SSSR count). The van der Waals surface area contributed by atoms with E-state index in [1.54, 1.807) is 87.2 Å². The fourth-order valence-electron chi connectivity index (χ4n) is 5.41. The minimum Gasteiger partial charge on any atom is -0.465 e. The number of hydrogen-bond donors (Lipinski definition) is 3. The lowest BCUT2D eigenvalue weighted by atomic mass is 10.0. The van der Waals surface area contributed by atoms with Gasteiger partial charge in [-0.1, -0.05) is 24.3 Å². The number of fused-ring (bicyclic) bond motifs is 1. The highest BCUT2D eigenvalue weighted by atomic mass is 32.2. The molecule has 0 radical (unpaired) electrons. The Kier molecular flexibility index (Phi) is 12.7. The second kappa shape index (κ2) is 17.4. The molecular weight excluding hydrogens is 747 g/mol. The predicted molar refractivity (Wildman–Crippen MR) is 210 cm³/mol. The highest BCUT2D eigenvalue weighted by molar-refractivity contribution is 8.00. The van der Waals surface area contributed by atoms with Gasteiger partial charge in [-0.25, -0.2) is 9.59 Å². The smallest absolute Gasteiger partial charge is 0.410 e. The molecule has 4 amide bonds. The number of methoxy groups -OCH3 is 1. The summed E-state index contributed by atoms with van der Waals surface area (Å²) < 4.78 is 10.6. The van der Waals surface area contributed by atoms with Gasteiger partial charge < -0.3 is 30.3 Å². The van der Waals surface area contributed by atoms with Crippen molar-refractivity contribution < 1.29 is 38.4 Å². The van der Waals surface area contributed by atoms with Crippen LogP contribution in [0, 0.1) is 10.1 Å². The van der Waals surface area contributed by atoms with Gasteiger partial charge in [0.15, 0.2) is 0 Å². The lowest BCUT2D eigenvalue weighted by Gasteiger charge is -2.30. The van der Waals surface area contributed by atoms with Crippen LogP contribution in [0.5, 0.6) is 0 Å². The first-order valence-corrected chi connectivity index (χ1v) is 18.7. The van der Waals surface area contributed by atoms with Gasteiger partial charge in [0, 0.05) is 39.7 Å². The van der Waals surface area contributed by atoms with Crippen molar-refractivity contribution in [3.05, 3.63) is 122 Å². The average Bonchev–Trinajstić information content (AvgIpc) is 3.51. The van der Waals surface area contributed by atoms with Gasteiger partial charge in [0.1, 0.15) is 16.3 Å². The normalized spacial score (nSPS) is 13.2. The van der Waals surface area contributed by atoms with E-state index in [1.807, 2.05) is 0 Å². The van der Waals surface area contributed by atoms with Gasteiger partial charge >= 0.3 is 12.1 Å². The Morgan fingerprint density at radius 1 is 0.982 bits per heavy atom. The molecule has 1 aromatic heterocycles. The Morgan fingerprint density at radius 3 is 2.35 bits per heavy atom. The topological polar surface area (TPSA) is 186 Å². The van der Waals surface area contributed by atoms with Gasteiger partial charge in [-0.3, -0.25) is 24.5 Å². The van der Waals surface area contributed by atoms with E-state index in [-0.39, 0.29) is 29.4 Å². The fourth-order valence-corrected chi connectivity index (χ4v) is 7.59. The molecule has 286 valence electrons. The lowest BCUT2D eigenvalue weighted by molar-refractivity contribution is -0.384. The van der Waals surface area contributed by atoms with Gasteiger partial charge in [-0.15, -0.1) is 23.1 Å². The summed E-state index contributed by atoms with van der Waals surface area (Å²) in [6.07, 6.45) is 1.33. The number of carbonyl (C=O) groups is 5. The summed E-state index contributed by atoms with van der Waals surface area (Å²) in [4.78, 5) is 79.3. The number of benzene rings is 3. The van der Waals surface area contributed by atoms with Crippen molar-refractivity contribution >= 4 is 75.3 Å². The number of ether oxygens (including phenoxy) is 2. The van der Waals surface area contributed by atoms with Crippen LogP contribution < -0.4 is 16.0 Å². The van der Waals surface area contributed by atoms with E-state index in [0.29, 0.717) is 39.7 Å². The number of amides is 4. The Labute approximate surface area is 325 Å². The number of esters is 1. The third kappa shape index (κ3) is 10.6. The Hall–Kier alpha value is -6.00. The minimum atomic E-state index is -0.667. The van der Waals surface area contributed by atoms with E-state index >= 15 is 0 Å². The van der Waals surface area contributed by atoms with E-state index in [4.69, 9.17) is 9.47 Å². The molecule has 55 heavy (non-hydrogen) atoms.